The number of carbonyl (C=O) groups is 1. The molecule has 0 unspecified atom stereocenters. The number of nitrogens with zero attached hydrogens (tertiary/aromatic N) is 2. The zero-order valence-corrected chi connectivity index (χ0v) is 12.0. The van der Waals surface area contributed by atoms with Gasteiger partial charge in [-0.25, -0.2) is 0 Å². The summed E-state index contributed by atoms with van der Waals surface area (Å²) in [6, 6.07) is 18.1. The van der Waals surface area contributed by atoms with Crippen molar-refractivity contribution in [2.45, 2.75) is 6.10 Å². The van der Waals surface area contributed by atoms with E-state index in [4.69, 9.17) is 10.00 Å². The lowest BCUT2D eigenvalue weighted by Gasteiger charge is -2.22. The van der Waals surface area contributed by atoms with Gasteiger partial charge in [-0.05, 0) is 18.2 Å². The Kier molecular flexibility index (Phi) is 4.57. The molecule has 106 valence electrons. The van der Waals surface area contributed by atoms with E-state index in [0.717, 1.165) is 5.56 Å². The van der Waals surface area contributed by atoms with Crippen molar-refractivity contribution >= 4 is 5.91 Å². The molecule has 0 saturated heterocycles. The van der Waals surface area contributed by atoms with Crippen LogP contribution < -0.4 is 4.74 Å². The molecular weight excluding hydrogens is 264 g/mol. The first kappa shape index (κ1) is 14.6. The van der Waals surface area contributed by atoms with Crippen molar-refractivity contribution in [2.24, 2.45) is 0 Å². The Bertz CT molecular complexity index is 660. The van der Waals surface area contributed by atoms with Crippen molar-refractivity contribution in [1.29, 1.82) is 5.26 Å². The van der Waals surface area contributed by atoms with E-state index in [9.17, 15) is 4.79 Å². The third-order valence-electron chi connectivity index (χ3n) is 2.98. The number of hydrogen-bond donors (Lipinski definition) is 0. The van der Waals surface area contributed by atoms with E-state index in [1.807, 2.05) is 30.3 Å². The Morgan fingerprint density at radius 2 is 1.86 bits per heavy atom. The second kappa shape index (κ2) is 6.58. The first-order valence-electron chi connectivity index (χ1n) is 6.54. The predicted molar refractivity (Wildman–Crippen MR) is 79.7 cm³/mol. The molecule has 1 amide bonds. The van der Waals surface area contributed by atoms with Crippen LogP contribution in [0.4, 0.5) is 0 Å². The van der Waals surface area contributed by atoms with Gasteiger partial charge in [0.15, 0.2) is 0 Å². The molecular formula is C17H16N2O2. The number of ether oxygens (including phenoxy) is 1. The van der Waals surface area contributed by atoms with Gasteiger partial charge >= 0.3 is 0 Å². The monoisotopic (exact) mass is 280 g/mol. The molecule has 4 heteroatoms. The highest BCUT2D eigenvalue weighted by molar-refractivity contribution is 5.82. The summed E-state index contributed by atoms with van der Waals surface area (Å²) in [6.07, 6.45) is -0.727. The fraction of sp³-hybridized carbons (Fsp3) is 0.176. The van der Waals surface area contributed by atoms with Crippen molar-refractivity contribution in [2.75, 3.05) is 14.1 Å². The molecule has 2 aromatic rings. The van der Waals surface area contributed by atoms with Gasteiger partial charge in [-0.3, -0.25) is 4.79 Å². The number of nitriles is 1. The summed E-state index contributed by atoms with van der Waals surface area (Å²) in [4.78, 5) is 13.8. The van der Waals surface area contributed by atoms with Crippen molar-refractivity contribution in [1.82, 2.24) is 4.90 Å². The number of carbonyl (C=O) groups excluding carboxylic acids is 1. The van der Waals surface area contributed by atoms with E-state index < -0.39 is 6.10 Å². The lowest BCUT2D eigenvalue weighted by atomic mass is 10.1. The van der Waals surface area contributed by atoms with E-state index in [-0.39, 0.29) is 5.91 Å². The number of benzene rings is 2. The lowest BCUT2D eigenvalue weighted by molar-refractivity contribution is -0.136. The van der Waals surface area contributed by atoms with E-state index in [2.05, 4.69) is 6.07 Å². The summed E-state index contributed by atoms with van der Waals surface area (Å²) in [5.74, 6) is 0.349. The molecule has 0 fully saturated rings. The van der Waals surface area contributed by atoms with Gasteiger partial charge in [0, 0.05) is 19.7 Å². The Balaban J connectivity index is 2.32. The smallest absolute Gasteiger partial charge is 0.267 e. The van der Waals surface area contributed by atoms with Gasteiger partial charge in [-0.15, -0.1) is 0 Å². The van der Waals surface area contributed by atoms with Gasteiger partial charge in [0.1, 0.15) is 5.75 Å². The normalized spacial score (nSPS) is 11.3. The maximum absolute atomic E-state index is 12.3. The zero-order valence-electron chi connectivity index (χ0n) is 12.0. The van der Waals surface area contributed by atoms with Gasteiger partial charge in [0.05, 0.1) is 11.6 Å². The Morgan fingerprint density at radius 3 is 2.48 bits per heavy atom. The minimum Gasteiger partial charge on any atom is -0.476 e. The van der Waals surface area contributed by atoms with Gasteiger partial charge in [-0.2, -0.15) is 5.26 Å². The first-order chi connectivity index (χ1) is 10.1. The highest BCUT2D eigenvalue weighted by atomic mass is 16.5. The molecule has 1 atom stereocenters. The van der Waals surface area contributed by atoms with Crippen LogP contribution >= 0.6 is 0 Å². The summed E-state index contributed by atoms with van der Waals surface area (Å²) >= 11 is 0. The maximum Gasteiger partial charge on any atom is 0.267 e. The van der Waals surface area contributed by atoms with E-state index >= 15 is 0 Å². The second-order valence-corrected chi connectivity index (χ2v) is 4.78. The molecule has 0 aromatic heterocycles. The summed E-state index contributed by atoms with van der Waals surface area (Å²) in [5, 5.41) is 8.93. The van der Waals surface area contributed by atoms with Gasteiger partial charge in [0.2, 0.25) is 6.10 Å². The average Bonchev–Trinajstić information content (AvgIpc) is 2.53. The number of amides is 1. The summed E-state index contributed by atoms with van der Waals surface area (Å²) < 4.78 is 5.82. The molecule has 4 nitrogen and oxygen atoms in total. The van der Waals surface area contributed by atoms with Crippen LogP contribution in [0.5, 0.6) is 5.75 Å². The lowest BCUT2D eigenvalue weighted by Crippen LogP contribution is -2.31. The zero-order chi connectivity index (χ0) is 15.2. The van der Waals surface area contributed by atoms with Crippen LogP contribution in [-0.2, 0) is 4.79 Å². The standard InChI is InChI=1S/C17H16N2O2/c1-19(2)17(20)16(14-8-4-3-5-9-14)21-15-10-6-7-13(11-15)12-18/h3-11,16H,1-2H3/t16-/m0/s1. The molecule has 0 spiro atoms. The van der Waals surface area contributed by atoms with Crippen molar-refractivity contribution < 1.29 is 9.53 Å². The quantitative estimate of drug-likeness (QED) is 0.865. The van der Waals surface area contributed by atoms with Crippen LogP contribution in [0.1, 0.15) is 17.2 Å². The average molecular weight is 280 g/mol. The van der Waals surface area contributed by atoms with Crippen molar-refractivity contribution in [3.63, 3.8) is 0 Å². The second-order valence-electron chi connectivity index (χ2n) is 4.78. The van der Waals surface area contributed by atoms with E-state index in [1.165, 1.54) is 4.90 Å². The van der Waals surface area contributed by atoms with Crippen LogP contribution in [-0.4, -0.2) is 24.9 Å². The maximum atomic E-state index is 12.3. The van der Waals surface area contributed by atoms with Crippen LogP contribution in [0.15, 0.2) is 54.6 Å². The fourth-order valence-electron chi connectivity index (χ4n) is 1.90. The molecule has 2 rings (SSSR count). The highest BCUT2D eigenvalue weighted by Gasteiger charge is 2.24. The van der Waals surface area contributed by atoms with Crippen LogP contribution in [0.3, 0.4) is 0 Å². The predicted octanol–water partition coefficient (Wildman–Crippen LogP) is 2.77. The summed E-state index contributed by atoms with van der Waals surface area (Å²) in [6.45, 7) is 0. The van der Waals surface area contributed by atoms with Gasteiger partial charge < -0.3 is 9.64 Å². The third kappa shape index (κ3) is 3.61. The van der Waals surface area contributed by atoms with E-state index in [1.54, 1.807) is 38.4 Å². The molecule has 21 heavy (non-hydrogen) atoms. The molecule has 0 aliphatic carbocycles. The molecule has 0 bridgehead atoms. The first-order valence-corrected chi connectivity index (χ1v) is 6.54. The number of likely N-dealkylation sites (N-methyl/N-ethyl adjacent to an activating group) is 1. The molecule has 0 radical (unpaired) electrons. The number of rotatable bonds is 4. The molecule has 2 aromatic carbocycles. The van der Waals surface area contributed by atoms with Crippen molar-refractivity contribution in [3.05, 3.63) is 65.7 Å². The Morgan fingerprint density at radius 1 is 1.14 bits per heavy atom. The third-order valence-corrected chi connectivity index (χ3v) is 2.98. The van der Waals surface area contributed by atoms with Gasteiger partial charge in [-0.1, -0.05) is 36.4 Å². The van der Waals surface area contributed by atoms with Crippen LogP contribution in [0.25, 0.3) is 0 Å². The summed E-state index contributed by atoms with van der Waals surface area (Å²) in [5.41, 5.74) is 1.27. The molecule has 0 aliphatic heterocycles. The molecule has 0 heterocycles. The van der Waals surface area contributed by atoms with Crippen molar-refractivity contribution in [3.8, 4) is 11.8 Å². The minimum atomic E-state index is -0.727. The molecule has 0 saturated carbocycles. The highest BCUT2D eigenvalue weighted by Crippen LogP contribution is 2.24. The topological polar surface area (TPSA) is 53.3 Å². The largest absolute Gasteiger partial charge is 0.476 e. The van der Waals surface area contributed by atoms with Crippen LogP contribution in [0.2, 0.25) is 0 Å². The Labute approximate surface area is 124 Å². The SMILES string of the molecule is CN(C)C(=O)[C@@H](Oc1cccc(C#N)c1)c1ccccc1. The molecule has 0 aliphatic rings. The fourth-order valence-corrected chi connectivity index (χ4v) is 1.90. The summed E-state index contributed by atoms with van der Waals surface area (Å²) in [7, 11) is 3.38. The number of hydrogen-bond acceptors (Lipinski definition) is 3. The van der Waals surface area contributed by atoms with E-state index in [0.29, 0.717) is 11.3 Å². The Hall–Kier alpha value is -2.80. The van der Waals surface area contributed by atoms with Gasteiger partial charge in [0.25, 0.3) is 5.91 Å². The molecule has 0 N–H and O–H groups in total. The minimum absolute atomic E-state index is 0.149. The van der Waals surface area contributed by atoms with Crippen LogP contribution in [0, 0.1) is 11.3 Å².